The van der Waals surface area contributed by atoms with Gasteiger partial charge in [-0.25, -0.2) is 9.78 Å². The van der Waals surface area contributed by atoms with E-state index in [4.69, 9.17) is 9.47 Å². The van der Waals surface area contributed by atoms with Gasteiger partial charge in [0.15, 0.2) is 5.44 Å². The molecule has 0 saturated heterocycles. The summed E-state index contributed by atoms with van der Waals surface area (Å²) in [5.74, 6) is 5.28. The molecule has 3 rings (SSSR count). The van der Waals surface area contributed by atoms with Gasteiger partial charge in [0.05, 0.1) is 19.3 Å². The Morgan fingerprint density at radius 2 is 1.83 bits per heavy atom. The zero-order valence-corrected chi connectivity index (χ0v) is 21.9. The first-order chi connectivity index (χ1) is 17.2. The molecule has 8 heteroatoms. The summed E-state index contributed by atoms with van der Waals surface area (Å²) < 4.78 is 15.3. The van der Waals surface area contributed by atoms with Crippen molar-refractivity contribution in [2.75, 3.05) is 13.7 Å². The Labute approximate surface area is 216 Å². The molecule has 7 nitrogen and oxygen atoms in total. The van der Waals surface area contributed by atoms with Gasteiger partial charge in [0.1, 0.15) is 5.69 Å². The third-order valence-electron chi connectivity index (χ3n) is 5.76. The van der Waals surface area contributed by atoms with Crippen LogP contribution in [0.15, 0.2) is 41.4 Å². The molecule has 1 aliphatic heterocycles. The van der Waals surface area contributed by atoms with Crippen LogP contribution in [0.25, 0.3) is 0 Å². The van der Waals surface area contributed by atoms with Crippen molar-refractivity contribution in [2.45, 2.75) is 68.6 Å². The second-order valence-corrected chi connectivity index (χ2v) is 10.2. The van der Waals surface area contributed by atoms with Gasteiger partial charge in [0.2, 0.25) is 0 Å². The average molecular weight is 510 g/mol. The molecule has 0 N–H and O–H groups in total. The second kappa shape index (κ2) is 12.6. The molecule has 0 amide bonds. The molecule has 190 valence electrons. The van der Waals surface area contributed by atoms with E-state index in [1.807, 2.05) is 12.1 Å². The summed E-state index contributed by atoms with van der Waals surface area (Å²) in [7, 11) is 1.36. The molecule has 0 spiro atoms. The van der Waals surface area contributed by atoms with Gasteiger partial charge in [-0.1, -0.05) is 31.5 Å². The van der Waals surface area contributed by atoms with Crippen LogP contribution in [0.2, 0.25) is 0 Å². The Morgan fingerprint density at radius 1 is 1.08 bits per heavy atom. The fraction of sp³-hybridized carbons (Fsp3) is 0.429. The maximum absolute atomic E-state index is 12.3. The molecule has 36 heavy (non-hydrogen) atoms. The molecule has 2 heterocycles. The van der Waals surface area contributed by atoms with Crippen molar-refractivity contribution in [2.24, 2.45) is 0 Å². The molecule has 1 unspecified atom stereocenters. The van der Waals surface area contributed by atoms with E-state index in [0.29, 0.717) is 43.5 Å². The maximum atomic E-state index is 12.3. The Hall–Kier alpha value is -3.31. The first kappa shape index (κ1) is 27.3. The van der Waals surface area contributed by atoms with E-state index >= 15 is 0 Å². The molecule has 2 aromatic rings. The number of esters is 3. The van der Waals surface area contributed by atoms with Gasteiger partial charge >= 0.3 is 17.9 Å². The molecule has 1 aromatic carbocycles. The van der Waals surface area contributed by atoms with Gasteiger partial charge in [0, 0.05) is 35.9 Å². The Balaban J connectivity index is 1.62. The number of unbranched alkanes of at least 4 members (excludes halogenated alkanes) is 1. The highest BCUT2D eigenvalue weighted by atomic mass is 32.2. The highest BCUT2D eigenvalue weighted by molar-refractivity contribution is 7.99. The number of thioether (sulfide) groups is 1. The summed E-state index contributed by atoms with van der Waals surface area (Å²) in [5, 5.41) is 0. The number of fused-ring (bicyclic) bond motifs is 1. The van der Waals surface area contributed by atoms with E-state index < -0.39 is 5.97 Å². The summed E-state index contributed by atoms with van der Waals surface area (Å²) in [5.41, 5.74) is 2.52. The predicted molar refractivity (Wildman–Crippen MR) is 136 cm³/mol. The third kappa shape index (κ3) is 7.59. The number of carbonyl (C=O) groups excluding carboxylic acids is 3. The van der Waals surface area contributed by atoms with Crippen LogP contribution < -0.4 is 0 Å². The normalized spacial score (nSPS) is 15.6. The Bertz CT molecular complexity index is 1160. The van der Waals surface area contributed by atoms with Crippen molar-refractivity contribution in [3.05, 3.63) is 58.9 Å². The van der Waals surface area contributed by atoms with Gasteiger partial charge < -0.3 is 14.2 Å². The van der Waals surface area contributed by atoms with Gasteiger partial charge in [-0.05, 0) is 67.0 Å². The quantitative estimate of drug-likeness (QED) is 0.212. The number of pyridine rings is 1. The summed E-state index contributed by atoms with van der Waals surface area (Å²) in [6.45, 7) is 6.34. The van der Waals surface area contributed by atoms with Crippen LogP contribution in [-0.2, 0) is 29.2 Å². The van der Waals surface area contributed by atoms with E-state index in [1.54, 1.807) is 30.8 Å². The van der Waals surface area contributed by atoms with Crippen molar-refractivity contribution in [3.63, 3.8) is 0 Å². The number of rotatable bonds is 8. The lowest BCUT2D eigenvalue weighted by atomic mass is 9.80. The zero-order chi connectivity index (χ0) is 26.1. The van der Waals surface area contributed by atoms with Crippen molar-refractivity contribution in [3.8, 4) is 11.8 Å². The van der Waals surface area contributed by atoms with Gasteiger partial charge in [-0.15, -0.1) is 0 Å². The first-order valence-corrected chi connectivity index (χ1v) is 12.8. The SMILES string of the molecule is CCOC(=O)c1ccc(C#Cc2ccc3c(c2)C(C)(C)CC(OC(=O)CCCCC(=O)OC)S3)nc1. The van der Waals surface area contributed by atoms with E-state index in [1.165, 1.54) is 13.3 Å². The van der Waals surface area contributed by atoms with Crippen molar-refractivity contribution in [1.29, 1.82) is 0 Å². The molecular weight excluding hydrogens is 478 g/mol. The number of methoxy groups -OCH3 is 1. The molecular formula is C28H31NO6S. The maximum Gasteiger partial charge on any atom is 0.339 e. The monoisotopic (exact) mass is 509 g/mol. The topological polar surface area (TPSA) is 91.8 Å². The van der Waals surface area contributed by atoms with Crippen molar-refractivity contribution in [1.82, 2.24) is 4.98 Å². The number of hydrogen-bond donors (Lipinski definition) is 0. The summed E-state index contributed by atoms with van der Waals surface area (Å²) >= 11 is 1.55. The molecule has 0 fully saturated rings. The number of ether oxygens (including phenoxy) is 3. The van der Waals surface area contributed by atoms with Crippen molar-refractivity contribution < 1.29 is 28.6 Å². The highest BCUT2D eigenvalue weighted by Gasteiger charge is 2.35. The fourth-order valence-corrected chi connectivity index (χ4v) is 5.35. The molecule has 0 aliphatic carbocycles. The van der Waals surface area contributed by atoms with Crippen LogP contribution in [-0.4, -0.2) is 42.0 Å². The largest absolute Gasteiger partial charge is 0.469 e. The van der Waals surface area contributed by atoms with Crippen LogP contribution in [0.5, 0.6) is 0 Å². The lowest BCUT2D eigenvalue weighted by Gasteiger charge is -2.36. The van der Waals surface area contributed by atoms with Gasteiger partial charge in [-0.2, -0.15) is 0 Å². The van der Waals surface area contributed by atoms with E-state index in [2.05, 4.69) is 41.5 Å². The Kier molecular flexibility index (Phi) is 9.54. The first-order valence-electron chi connectivity index (χ1n) is 11.9. The van der Waals surface area contributed by atoms with Crippen LogP contribution in [0.4, 0.5) is 0 Å². The smallest absolute Gasteiger partial charge is 0.339 e. The minimum absolute atomic E-state index is 0.201. The molecule has 1 aliphatic rings. The number of nitrogens with zero attached hydrogens (tertiary/aromatic N) is 1. The average Bonchev–Trinajstić information content (AvgIpc) is 2.85. The summed E-state index contributed by atoms with van der Waals surface area (Å²) in [6, 6.07) is 9.39. The standard InChI is InChI=1S/C28H31NO6S/c1-5-34-27(32)20-12-14-21(29-18-20)13-10-19-11-15-23-22(16-19)28(2,3)17-26(36-23)35-25(31)9-7-6-8-24(30)33-4/h11-12,14-16,18,26H,5-9,17H2,1-4H3. The number of benzene rings is 1. The van der Waals surface area contributed by atoms with Crippen LogP contribution in [0.3, 0.4) is 0 Å². The lowest BCUT2D eigenvalue weighted by Crippen LogP contribution is -2.31. The predicted octanol–water partition coefficient (Wildman–Crippen LogP) is 5.03. The number of hydrogen-bond acceptors (Lipinski definition) is 8. The molecule has 0 saturated carbocycles. The summed E-state index contributed by atoms with van der Waals surface area (Å²) in [6.07, 6.45) is 3.94. The second-order valence-electron chi connectivity index (χ2n) is 9.02. The van der Waals surface area contributed by atoms with Crippen LogP contribution >= 0.6 is 11.8 Å². The molecule has 0 radical (unpaired) electrons. The van der Waals surface area contributed by atoms with Crippen LogP contribution in [0, 0.1) is 11.8 Å². The molecule has 0 bridgehead atoms. The fourth-order valence-electron chi connectivity index (χ4n) is 3.80. The zero-order valence-electron chi connectivity index (χ0n) is 21.1. The van der Waals surface area contributed by atoms with E-state index in [-0.39, 0.29) is 29.2 Å². The van der Waals surface area contributed by atoms with Crippen LogP contribution in [0.1, 0.15) is 80.1 Å². The third-order valence-corrected chi connectivity index (χ3v) is 6.89. The number of carbonyl (C=O) groups is 3. The minimum atomic E-state index is -0.401. The summed E-state index contributed by atoms with van der Waals surface area (Å²) in [4.78, 5) is 40.6. The lowest BCUT2D eigenvalue weighted by molar-refractivity contribution is -0.146. The Morgan fingerprint density at radius 3 is 2.50 bits per heavy atom. The number of aromatic nitrogens is 1. The highest BCUT2D eigenvalue weighted by Crippen LogP contribution is 2.46. The van der Waals surface area contributed by atoms with E-state index in [0.717, 1.165) is 16.0 Å². The van der Waals surface area contributed by atoms with Gasteiger partial charge in [0.25, 0.3) is 0 Å². The van der Waals surface area contributed by atoms with E-state index in [9.17, 15) is 14.4 Å². The van der Waals surface area contributed by atoms with Gasteiger partial charge in [-0.3, -0.25) is 9.59 Å². The minimum Gasteiger partial charge on any atom is -0.469 e. The molecule has 1 atom stereocenters. The van der Waals surface area contributed by atoms with Crippen molar-refractivity contribution >= 4 is 29.7 Å². The molecule has 1 aromatic heterocycles.